The van der Waals surface area contributed by atoms with Crippen molar-refractivity contribution in [3.63, 3.8) is 0 Å². The minimum Gasteiger partial charge on any atom is -0.465 e. The molecule has 1 atom stereocenters. The van der Waals surface area contributed by atoms with Crippen molar-refractivity contribution in [2.24, 2.45) is 5.92 Å². The Kier molecular flexibility index (Phi) is 12.6. The van der Waals surface area contributed by atoms with E-state index in [0.717, 1.165) is 37.9 Å². The molecule has 0 aromatic heterocycles. The van der Waals surface area contributed by atoms with Gasteiger partial charge >= 0.3 is 5.97 Å². The predicted octanol–water partition coefficient (Wildman–Crippen LogP) is 4.62. The average Bonchev–Trinajstić information content (AvgIpc) is 2.37. The van der Waals surface area contributed by atoms with Gasteiger partial charge in [-0.15, -0.1) is 11.8 Å². The summed E-state index contributed by atoms with van der Waals surface area (Å²) in [4.78, 5) is 12.0. The zero-order valence-electron chi connectivity index (χ0n) is 12.6. The lowest BCUT2D eigenvalue weighted by Crippen LogP contribution is -2.23. The Morgan fingerprint density at radius 1 is 1.21 bits per heavy atom. The van der Waals surface area contributed by atoms with Gasteiger partial charge in [-0.3, -0.25) is 9.18 Å². The Labute approximate surface area is 121 Å². The van der Waals surface area contributed by atoms with E-state index in [1.807, 2.05) is 0 Å². The highest BCUT2D eigenvalue weighted by Gasteiger charge is 2.21. The third-order valence-electron chi connectivity index (χ3n) is 2.79. The van der Waals surface area contributed by atoms with Gasteiger partial charge in [0.15, 0.2) is 0 Å². The van der Waals surface area contributed by atoms with Gasteiger partial charge in [0, 0.05) is 0 Å². The molecule has 0 radical (unpaired) electrons. The van der Waals surface area contributed by atoms with Gasteiger partial charge in [-0.25, -0.2) is 0 Å². The SMILES string of the molecule is CCCCOC(=O)C(CC(C)C)SCCCCCF. The summed E-state index contributed by atoms with van der Waals surface area (Å²) in [5.41, 5.74) is 0. The van der Waals surface area contributed by atoms with E-state index in [0.29, 0.717) is 18.9 Å². The molecule has 2 nitrogen and oxygen atoms in total. The zero-order valence-corrected chi connectivity index (χ0v) is 13.4. The maximum Gasteiger partial charge on any atom is 0.319 e. The summed E-state index contributed by atoms with van der Waals surface area (Å²) in [5, 5.41) is -0.0535. The minimum atomic E-state index is -0.237. The number of hydrogen-bond acceptors (Lipinski definition) is 3. The second kappa shape index (κ2) is 12.8. The third-order valence-corrected chi connectivity index (χ3v) is 4.10. The van der Waals surface area contributed by atoms with Crippen molar-refractivity contribution in [1.82, 2.24) is 0 Å². The highest BCUT2D eigenvalue weighted by Crippen LogP contribution is 2.22. The lowest BCUT2D eigenvalue weighted by Gasteiger charge is -2.17. The summed E-state index contributed by atoms with van der Waals surface area (Å²) in [6, 6.07) is 0. The zero-order chi connectivity index (χ0) is 14.5. The van der Waals surface area contributed by atoms with Crippen LogP contribution in [-0.4, -0.2) is 30.3 Å². The molecule has 0 fully saturated rings. The maximum absolute atomic E-state index is 12.0. The Morgan fingerprint density at radius 2 is 1.95 bits per heavy atom. The number of thioether (sulfide) groups is 1. The number of carbonyl (C=O) groups excluding carboxylic acids is 1. The minimum absolute atomic E-state index is 0.0535. The van der Waals surface area contributed by atoms with Crippen molar-refractivity contribution in [3.8, 4) is 0 Å². The van der Waals surface area contributed by atoms with Crippen LogP contribution in [0, 0.1) is 5.92 Å². The Bertz CT molecular complexity index is 222. The van der Waals surface area contributed by atoms with Crippen LogP contribution in [0.15, 0.2) is 0 Å². The Balaban J connectivity index is 3.96. The van der Waals surface area contributed by atoms with Gasteiger partial charge in [-0.1, -0.05) is 33.6 Å². The molecule has 0 aliphatic carbocycles. The molecular formula is C15H29FO2S. The van der Waals surface area contributed by atoms with Crippen LogP contribution in [0.1, 0.15) is 59.3 Å². The first-order valence-electron chi connectivity index (χ1n) is 7.46. The van der Waals surface area contributed by atoms with E-state index in [4.69, 9.17) is 4.74 Å². The van der Waals surface area contributed by atoms with E-state index in [1.165, 1.54) is 0 Å². The molecule has 0 bridgehead atoms. The molecule has 4 heteroatoms. The van der Waals surface area contributed by atoms with E-state index in [2.05, 4.69) is 20.8 Å². The van der Waals surface area contributed by atoms with E-state index < -0.39 is 0 Å². The Morgan fingerprint density at radius 3 is 2.53 bits per heavy atom. The normalized spacial score (nSPS) is 12.7. The number of alkyl halides is 1. The van der Waals surface area contributed by atoms with Crippen molar-refractivity contribution in [1.29, 1.82) is 0 Å². The molecule has 0 spiro atoms. The fourth-order valence-electron chi connectivity index (χ4n) is 1.67. The van der Waals surface area contributed by atoms with Gasteiger partial charge in [-0.2, -0.15) is 0 Å². The van der Waals surface area contributed by atoms with Crippen LogP contribution < -0.4 is 0 Å². The molecule has 0 saturated carbocycles. The van der Waals surface area contributed by atoms with Crippen LogP contribution in [0.3, 0.4) is 0 Å². The number of carbonyl (C=O) groups is 1. The predicted molar refractivity (Wildman–Crippen MR) is 81.4 cm³/mol. The molecule has 0 saturated heterocycles. The summed E-state index contributed by atoms with van der Waals surface area (Å²) in [5.74, 6) is 1.33. The molecule has 0 rings (SSSR count). The highest BCUT2D eigenvalue weighted by molar-refractivity contribution is 8.00. The molecule has 0 amide bonds. The summed E-state index contributed by atoms with van der Waals surface area (Å²) in [6.07, 6.45) is 5.35. The van der Waals surface area contributed by atoms with Gasteiger partial charge in [0.2, 0.25) is 0 Å². The smallest absolute Gasteiger partial charge is 0.319 e. The van der Waals surface area contributed by atoms with Crippen molar-refractivity contribution < 1.29 is 13.9 Å². The van der Waals surface area contributed by atoms with Gasteiger partial charge in [0.1, 0.15) is 5.25 Å². The van der Waals surface area contributed by atoms with Crippen LogP contribution in [0.2, 0.25) is 0 Å². The summed E-state index contributed by atoms with van der Waals surface area (Å²) in [6.45, 7) is 6.62. The fourth-order valence-corrected chi connectivity index (χ4v) is 3.05. The van der Waals surface area contributed by atoms with E-state index >= 15 is 0 Å². The average molecular weight is 292 g/mol. The molecule has 0 aromatic carbocycles. The van der Waals surface area contributed by atoms with E-state index in [-0.39, 0.29) is 17.9 Å². The molecule has 0 aliphatic rings. The maximum atomic E-state index is 12.0. The number of ether oxygens (including phenoxy) is 1. The fraction of sp³-hybridized carbons (Fsp3) is 0.933. The quantitative estimate of drug-likeness (QED) is 0.388. The van der Waals surface area contributed by atoms with Gasteiger partial charge < -0.3 is 4.74 Å². The molecule has 1 unspecified atom stereocenters. The largest absolute Gasteiger partial charge is 0.465 e. The van der Waals surface area contributed by atoms with Crippen LogP contribution in [0.4, 0.5) is 4.39 Å². The summed E-state index contributed by atoms with van der Waals surface area (Å²) in [7, 11) is 0. The van der Waals surface area contributed by atoms with E-state index in [9.17, 15) is 9.18 Å². The standard InChI is InChI=1S/C15H29FO2S/c1-4-5-10-18-15(17)14(12-13(2)3)19-11-8-6-7-9-16/h13-14H,4-12H2,1-3H3. The first-order valence-corrected chi connectivity index (χ1v) is 8.50. The van der Waals surface area contributed by atoms with Crippen LogP contribution >= 0.6 is 11.8 Å². The Hall–Kier alpha value is -0.250. The molecule has 0 aromatic rings. The topological polar surface area (TPSA) is 26.3 Å². The van der Waals surface area contributed by atoms with E-state index in [1.54, 1.807) is 11.8 Å². The molecule has 0 aliphatic heterocycles. The van der Waals surface area contributed by atoms with Gasteiger partial charge in [0.25, 0.3) is 0 Å². The first-order chi connectivity index (χ1) is 9.11. The van der Waals surface area contributed by atoms with Crippen molar-refractivity contribution in [3.05, 3.63) is 0 Å². The van der Waals surface area contributed by atoms with Crippen LogP contribution in [0.25, 0.3) is 0 Å². The van der Waals surface area contributed by atoms with Crippen molar-refractivity contribution in [2.45, 2.75) is 64.5 Å². The molecular weight excluding hydrogens is 263 g/mol. The number of hydrogen-bond donors (Lipinski definition) is 0. The second-order valence-electron chi connectivity index (χ2n) is 5.26. The van der Waals surface area contributed by atoms with Crippen molar-refractivity contribution >= 4 is 17.7 Å². The number of halogens is 1. The molecule has 19 heavy (non-hydrogen) atoms. The second-order valence-corrected chi connectivity index (χ2v) is 6.57. The van der Waals surface area contributed by atoms with Crippen LogP contribution in [0.5, 0.6) is 0 Å². The third kappa shape index (κ3) is 11.3. The molecule has 114 valence electrons. The van der Waals surface area contributed by atoms with Gasteiger partial charge in [-0.05, 0) is 37.4 Å². The molecule has 0 N–H and O–H groups in total. The van der Waals surface area contributed by atoms with Crippen molar-refractivity contribution in [2.75, 3.05) is 19.0 Å². The highest BCUT2D eigenvalue weighted by atomic mass is 32.2. The number of unbranched alkanes of at least 4 members (excludes halogenated alkanes) is 3. The first kappa shape index (κ1) is 18.8. The number of rotatable bonds is 12. The lowest BCUT2D eigenvalue weighted by molar-refractivity contribution is -0.143. The molecule has 0 heterocycles. The summed E-state index contributed by atoms with van der Waals surface area (Å²) < 4.78 is 17.3. The monoisotopic (exact) mass is 292 g/mol. The summed E-state index contributed by atoms with van der Waals surface area (Å²) >= 11 is 1.67. The van der Waals surface area contributed by atoms with Gasteiger partial charge in [0.05, 0.1) is 13.3 Å². The number of esters is 1. The van der Waals surface area contributed by atoms with Crippen LogP contribution in [-0.2, 0) is 9.53 Å². The lowest BCUT2D eigenvalue weighted by atomic mass is 10.1.